The van der Waals surface area contributed by atoms with Crippen molar-refractivity contribution in [3.8, 4) is 5.75 Å². The number of nitrogens with zero attached hydrogens (tertiary/aromatic N) is 3. The molecule has 34 heavy (non-hydrogen) atoms. The fourth-order valence-electron chi connectivity index (χ4n) is 5.35. The third-order valence-electron chi connectivity index (χ3n) is 7.53. The van der Waals surface area contributed by atoms with Crippen molar-refractivity contribution in [2.45, 2.75) is 46.0 Å². The van der Waals surface area contributed by atoms with Gasteiger partial charge in [0.2, 0.25) is 0 Å². The van der Waals surface area contributed by atoms with E-state index < -0.39 is 0 Å². The Hall–Kier alpha value is -2.73. The van der Waals surface area contributed by atoms with Gasteiger partial charge in [0.25, 0.3) is 0 Å². The molecule has 2 amide bonds. The third-order valence-corrected chi connectivity index (χ3v) is 7.53. The molecule has 2 fully saturated rings. The Morgan fingerprint density at radius 1 is 1.03 bits per heavy atom. The van der Waals surface area contributed by atoms with Crippen LogP contribution in [0, 0.1) is 13.8 Å². The highest BCUT2D eigenvalue weighted by Gasteiger charge is 2.25. The van der Waals surface area contributed by atoms with Gasteiger partial charge in [0.1, 0.15) is 5.75 Å². The molecule has 2 aromatic carbocycles. The van der Waals surface area contributed by atoms with Crippen LogP contribution < -0.4 is 15.0 Å². The summed E-state index contributed by atoms with van der Waals surface area (Å²) in [7, 11) is 1.73. The first-order valence-electron chi connectivity index (χ1n) is 12.8. The molecule has 2 aliphatic heterocycles. The van der Waals surface area contributed by atoms with E-state index in [1.165, 1.54) is 35.3 Å². The number of benzene rings is 2. The number of urea groups is 1. The van der Waals surface area contributed by atoms with Crippen LogP contribution in [0.25, 0.3) is 0 Å². The lowest BCUT2D eigenvalue weighted by molar-refractivity contribution is 0.208. The normalized spacial score (nSPS) is 17.6. The largest absolute Gasteiger partial charge is 0.496 e. The van der Waals surface area contributed by atoms with Crippen molar-refractivity contribution in [1.82, 2.24) is 9.80 Å². The average Bonchev–Trinajstić information content (AvgIpc) is 2.86. The molecule has 1 N–H and O–H groups in total. The molecule has 2 heterocycles. The van der Waals surface area contributed by atoms with Crippen LogP contribution in [0.2, 0.25) is 0 Å². The number of methoxy groups -OCH3 is 1. The number of rotatable bonds is 6. The van der Waals surface area contributed by atoms with Crippen LogP contribution in [0.5, 0.6) is 5.75 Å². The molecule has 0 bridgehead atoms. The molecule has 184 valence electrons. The number of nitrogens with one attached hydrogen (secondary N) is 1. The first-order valence-corrected chi connectivity index (χ1v) is 12.8. The van der Waals surface area contributed by atoms with Gasteiger partial charge in [0.05, 0.1) is 7.11 Å². The number of aryl methyl sites for hydroxylation is 1. The van der Waals surface area contributed by atoms with Crippen molar-refractivity contribution in [1.29, 1.82) is 0 Å². The molecule has 6 heteroatoms. The van der Waals surface area contributed by atoms with Crippen LogP contribution in [0.3, 0.4) is 0 Å². The highest BCUT2D eigenvalue weighted by molar-refractivity contribution is 5.89. The zero-order chi connectivity index (χ0) is 24.1. The summed E-state index contributed by atoms with van der Waals surface area (Å²) in [6.45, 7) is 13.1. The predicted octanol–water partition coefficient (Wildman–Crippen LogP) is 5.26. The number of hydrogen-bond donors (Lipinski definition) is 1. The van der Waals surface area contributed by atoms with Crippen molar-refractivity contribution in [2.75, 3.05) is 63.1 Å². The molecule has 2 aromatic rings. The van der Waals surface area contributed by atoms with Gasteiger partial charge in [-0.2, -0.15) is 0 Å². The Labute approximate surface area is 204 Å². The van der Waals surface area contributed by atoms with Gasteiger partial charge in [-0.05, 0) is 99.6 Å². The van der Waals surface area contributed by atoms with Gasteiger partial charge in [-0.1, -0.05) is 19.1 Å². The zero-order valence-electron chi connectivity index (χ0n) is 21.3. The summed E-state index contributed by atoms with van der Waals surface area (Å²) >= 11 is 0. The summed E-state index contributed by atoms with van der Waals surface area (Å²) in [5, 5.41) is 3.15. The zero-order valence-corrected chi connectivity index (χ0v) is 21.3. The second-order valence-corrected chi connectivity index (χ2v) is 9.70. The quantitative estimate of drug-likeness (QED) is 0.634. The van der Waals surface area contributed by atoms with Crippen LogP contribution >= 0.6 is 0 Å². The van der Waals surface area contributed by atoms with E-state index in [-0.39, 0.29) is 6.03 Å². The number of piperidine rings is 1. The molecular weight excluding hydrogens is 424 g/mol. The minimum absolute atomic E-state index is 0.0190. The maximum atomic E-state index is 13.0. The SMILES string of the molecule is CCCN1CCC(c2cc(NC(=O)N3CCN(c4cccc(C)c4C)CC3)ccc2OC)CC1. The standard InChI is InChI=1S/C28H40N4O2/c1-5-13-30-14-11-23(12-15-30)25-20-24(9-10-27(25)34-4)29-28(33)32-18-16-31(17-19-32)26-8-6-7-21(2)22(26)3/h6-10,20,23H,5,11-19H2,1-4H3,(H,29,33). The molecule has 2 saturated heterocycles. The van der Waals surface area contributed by atoms with Crippen molar-refractivity contribution in [2.24, 2.45) is 0 Å². The number of carbonyl (C=O) groups is 1. The average molecular weight is 465 g/mol. The van der Waals surface area contributed by atoms with Crippen molar-refractivity contribution < 1.29 is 9.53 Å². The monoisotopic (exact) mass is 464 g/mol. The summed E-state index contributed by atoms with van der Waals surface area (Å²) in [6.07, 6.45) is 3.47. The Morgan fingerprint density at radius 3 is 2.44 bits per heavy atom. The summed E-state index contributed by atoms with van der Waals surface area (Å²) in [6, 6.07) is 12.5. The minimum Gasteiger partial charge on any atom is -0.496 e. The molecule has 4 rings (SSSR count). The first-order chi connectivity index (χ1) is 16.5. The van der Waals surface area contributed by atoms with Crippen molar-refractivity contribution >= 4 is 17.4 Å². The third kappa shape index (κ3) is 5.49. The van der Waals surface area contributed by atoms with Gasteiger partial charge in [0, 0.05) is 37.6 Å². The van der Waals surface area contributed by atoms with E-state index in [1.54, 1.807) is 7.11 Å². The predicted molar refractivity (Wildman–Crippen MR) is 140 cm³/mol. The lowest BCUT2D eigenvalue weighted by atomic mass is 9.88. The van der Waals surface area contributed by atoms with Crippen molar-refractivity contribution in [3.63, 3.8) is 0 Å². The fraction of sp³-hybridized carbons (Fsp3) is 0.536. The smallest absolute Gasteiger partial charge is 0.321 e. The van der Waals surface area contributed by atoms with Crippen LogP contribution in [0.15, 0.2) is 36.4 Å². The molecule has 0 atom stereocenters. The Bertz CT molecular complexity index is 976. The minimum atomic E-state index is -0.0190. The summed E-state index contributed by atoms with van der Waals surface area (Å²) in [5.74, 6) is 1.40. The number of anilines is 2. The van der Waals surface area contributed by atoms with Crippen LogP contribution in [0.4, 0.5) is 16.2 Å². The molecule has 6 nitrogen and oxygen atoms in total. The maximum Gasteiger partial charge on any atom is 0.321 e. The lowest BCUT2D eigenvalue weighted by Crippen LogP contribution is -2.50. The highest BCUT2D eigenvalue weighted by atomic mass is 16.5. The topological polar surface area (TPSA) is 48.1 Å². The summed E-state index contributed by atoms with van der Waals surface area (Å²) < 4.78 is 5.68. The number of carbonyl (C=O) groups excluding carboxylic acids is 1. The van der Waals surface area contributed by atoms with E-state index >= 15 is 0 Å². The lowest BCUT2D eigenvalue weighted by Gasteiger charge is -2.37. The van der Waals surface area contributed by atoms with E-state index in [4.69, 9.17) is 4.74 Å². The Morgan fingerprint density at radius 2 is 1.76 bits per heavy atom. The van der Waals surface area contributed by atoms with E-state index in [9.17, 15) is 4.79 Å². The van der Waals surface area contributed by atoms with Gasteiger partial charge in [0.15, 0.2) is 0 Å². The van der Waals surface area contributed by atoms with Crippen molar-refractivity contribution in [3.05, 3.63) is 53.1 Å². The Balaban J connectivity index is 1.37. The van der Waals surface area contributed by atoms with Gasteiger partial charge in [-0.15, -0.1) is 0 Å². The first kappa shape index (κ1) is 24.4. The molecule has 0 aliphatic carbocycles. The van der Waals surface area contributed by atoms with Crippen LogP contribution in [-0.4, -0.2) is 68.8 Å². The fourth-order valence-corrected chi connectivity index (χ4v) is 5.35. The Kier molecular flexibility index (Phi) is 7.99. The molecule has 0 unspecified atom stereocenters. The number of amides is 2. The summed E-state index contributed by atoms with van der Waals surface area (Å²) in [4.78, 5) is 19.9. The van der Waals surface area contributed by atoms with Gasteiger partial charge in [-0.3, -0.25) is 0 Å². The molecule has 0 radical (unpaired) electrons. The summed E-state index contributed by atoms with van der Waals surface area (Å²) in [5.41, 5.74) is 5.99. The van der Waals surface area contributed by atoms with Gasteiger partial charge >= 0.3 is 6.03 Å². The molecule has 2 aliphatic rings. The molecule has 0 saturated carbocycles. The molecule has 0 aromatic heterocycles. The second-order valence-electron chi connectivity index (χ2n) is 9.70. The molecular formula is C28H40N4O2. The van der Waals surface area contributed by atoms with Gasteiger partial charge in [-0.25, -0.2) is 4.79 Å². The maximum absolute atomic E-state index is 13.0. The second kappa shape index (κ2) is 11.1. The van der Waals surface area contributed by atoms with E-state index in [2.05, 4.69) is 60.2 Å². The highest BCUT2D eigenvalue weighted by Crippen LogP contribution is 2.36. The van der Waals surface area contributed by atoms with E-state index in [0.29, 0.717) is 5.92 Å². The number of hydrogen-bond acceptors (Lipinski definition) is 4. The van der Waals surface area contributed by atoms with E-state index in [1.807, 2.05) is 17.0 Å². The van der Waals surface area contributed by atoms with Crippen LogP contribution in [-0.2, 0) is 0 Å². The van der Waals surface area contributed by atoms with Gasteiger partial charge < -0.3 is 24.8 Å². The molecule has 0 spiro atoms. The van der Waals surface area contributed by atoms with E-state index in [0.717, 1.165) is 63.5 Å². The number of ether oxygens (including phenoxy) is 1. The number of piperazine rings is 1. The van der Waals surface area contributed by atoms with Crippen LogP contribution in [0.1, 0.15) is 48.8 Å². The number of likely N-dealkylation sites (tertiary alicyclic amines) is 1.